The van der Waals surface area contributed by atoms with E-state index in [2.05, 4.69) is 27.7 Å². The van der Waals surface area contributed by atoms with Crippen LogP contribution in [0.4, 0.5) is 21.0 Å². The summed E-state index contributed by atoms with van der Waals surface area (Å²) in [5.74, 6) is 0. The van der Waals surface area contributed by atoms with E-state index in [9.17, 15) is 9.59 Å². The van der Waals surface area contributed by atoms with Crippen LogP contribution in [0.1, 0.15) is 70.6 Å². The topological polar surface area (TPSA) is 79.9 Å². The van der Waals surface area contributed by atoms with Gasteiger partial charge in [0.05, 0.1) is 5.69 Å². The van der Waals surface area contributed by atoms with E-state index in [1.54, 1.807) is 0 Å². The average molecular weight is 830 g/mol. The molecular formula is C45H56IN3O4. The van der Waals surface area contributed by atoms with Gasteiger partial charge in [0.1, 0.15) is 6.10 Å². The third kappa shape index (κ3) is 12.6. The molecule has 282 valence electrons. The van der Waals surface area contributed by atoms with Gasteiger partial charge in [0.2, 0.25) is 0 Å². The van der Waals surface area contributed by atoms with Gasteiger partial charge in [0.15, 0.2) is 0 Å². The Morgan fingerprint density at radius 1 is 0.547 bits per heavy atom. The predicted octanol–water partition coefficient (Wildman–Crippen LogP) is 11.7. The number of nitrogens with zero attached hydrogens (tertiary/aromatic N) is 1. The molecule has 2 saturated heterocycles. The van der Waals surface area contributed by atoms with Gasteiger partial charge in [0.25, 0.3) is 0 Å². The van der Waals surface area contributed by atoms with Crippen LogP contribution in [0.3, 0.4) is 0 Å². The Bertz CT molecular complexity index is 1560. The molecule has 2 aliphatic rings. The summed E-state index contributed by atoms with van der Waals surface area (Å²) in [6, 6.07) is 36.0. The number of hydrogen-bond donors (Lipinski definition) is 2. The van der Waals surface area contributed by atoms with Crippen LogP contribution < -0.4 is 10.6 Å². The van der Waals surface area contributed by atoms with E-state index >= 15 is 0 Å². The van der Waals surface area contributed by atoms with E-state index in [1.807, 2.05) is 97.1 Å². The molecule has 53 heavy (non-hydrogen) atoms. The van der Waals surface area contributed by atoms with Gasteiger partial charge < -0.3 is 4.74 Å². The number of amides is 2. The van der Waals surface area contributed by atoms with E-state index in [1.165, 1.54) is 58.2 Å². The van der Waals surface area contributed by atoms with E-state index < -0.39 is 19.8 Å². The summed E-state index contributed by atoms with van der Waals surface area (Å²) in [5.41, 5.74) is 5.72. The molecule has 0 saturated carbocycles. The first kappa shape index (κ1) is 38.8. The standard InChI is InChI=1S/C45H56IN3O4/c50-44(47-42-24-14-12-22-40(42)36-18-8-6-9-19-36)52-38-26-31-46(32-27-38)30-16-4-2-1-3-5-17-33-49-34-28-39(29-35-49)53-45(51)48-43-25-15-13-23-41(43)37-20-10-7-11-21-37/h6-15,18-25,38-39H,1-5,16-17,26-35H2,(H,47,50)(H,48,51). The summed E-state index contributed by atoms with van der Waals surface area (Å²) in [6.07, 6.45) is 12.5. The van der Waals surface area contributed by atoms with Crippen LogP contribution in [0.2, 0.25) is 0 Å². The number of carbonyl (C=O) groups is 2. The molecule has 2 N–H and O–H groups in total. The molecule has 0 radical (unpaired) electrons. The maximum atomic E-state index is 12.8. The zero-order chi connectivity index (χ0) is 36.5. The molecule has 0 spiro atoms. The number of carbonyl (C=O) groups excluding carboxylic acids is 2. The zero-order valence-electron chi connectivity index (χ0n) is 31.0. The van der Waals surface area contributed by atoms with Crippen molar-refractivity contribution in [1.29, 1.82) is 0 Å². The second kappa shape index (κ2) is 21.1. The first-order valence-electron chi connectivity index (χ1n) is 19.6. The van der Waals surface area contributed by atoms with Crippen LogP contribution in [-0.2, 0) is 9.47 Å². The number of para-hydroxylation sites is 2. The quantitative estimate of drug-likeness (QED) is 0.0668. The molecule has 4 aromatic rings. The number of piperidine rings is 1. The Morgan fingerprint density at radius 3 is 1.51 bits per heavy atom. The number of halogens is 1. The number of ether oxygens (including phenoxy) is 2. The second-order valence-corrected chi connectivity index (χ2v) is 20.7. The molecule has 2 aliphatic heterocycles. The average Bonchev–Trinajstić information content (AvgIpc) is 3.19. The summed E-state index contributed by atoms with van der Waals surface area (Å²) < 4.78 is 15.8. The number of anilines is 2. The number of hydrogen-bond acceptors (Lipinski definition) is 5. The fraction of sp³-hybridized carbons (Fsp3) is 0.422. The zero-order valence-corrected chi connectivity index (χ0v) is 33.2. The van der Waals surface area contributed by atoms with Gasteiger partial charge in [-0.1, -0.05) is 48.5 Å². The van der Waals surface area contributed by atoms with Crippen molar-refractivity contribution < 1.29 is 19.1 Å². The number of rotatable bonds is 16. The summed E-state index contributed by atoms with van der Waals surface area (Å²) in [4.78, 5) is 28.0. The number of nitrogens with one attached hydrogen (secondary N) is 2. The molecule has 0 aliphatic carbocycles. The molecule has 4 aromatic carbocycles. The summed E-state index contributed by atoms with van der Waals surface area (Å²) >= 11 is -0.894. The number of benzene rings is 4. The van der Waals surface area contributed by atoms with Crippen LogP contribution in [0.5, 0.6) is 0 Å². The van der Waals surface area contributed by atoms with Gasteiger partial charge in [0, 0.05) is 5.56 Å². The molecule has 2 fully saturated rings. The minimum atomic E-state index is -0.894. The molecule has 0 unspecified atom stereocenters. The summed E-state index contributed by atoms with van der Waals surface area (Å²) in [6.45, 7) is 3.13. The Labute approximate surface area is 323 Å². The van der Waals surface area contributed by atoms with Crippen LogP contribution in [0, 0.1) is 0 Å². The van der Waals surface area contributed by atoms with Crippen molar-refractivity contribution in [2.75, 3.05) is 43.6 Å². The first-order chi connectivity index (χ1) is 26.1. The summed E-state index contributed by atoms with van der Waals surface area (Å²) in [7, 11) is 0. The third-order valence-electron chi connectivity index (χ3n) is 10.4. The van der Waals surface area contributed by atoms with Crippen molar-refractivity contribution in [2.24, 2.45) is 0 Å². The van der Waals surface area contributed by atoms with Gasteiger partial charge in [-0.3, -0.25) is 5.32 Å². The molecule has 6 rings (SSSR count). The summed E-state index contributed by atoms with van der Waals surface area (Å²) in [5, 5.41) is 5.98. The van der Waals surface area contributed by atoms with Crippen molar-refractivity contribution in [3.05, 3.63) is 109 Å². The number of alkyl halides is 3. The monoisotopic (exact) mass is 829 g/mol. The minimum absolute atomic E-state index is 0.0254. The van der Waals surface area contributed by atoms with Crippen LogP contribution in [0.15, 0.2) is 109 Å². The van der Waals surface area contributed by atoms with Crippen molar-refractivity contribution in [3.63, 3.8) is 0 Å². The molecule has 0 atom stereocenters. The molecule has 0 aromatic heterocycles. The number of likely N-dealkylation sites (tertiary alicyclic amines) is 1. The third-order valence-corrected chi connectivity index (χ3v) is 16.9. The Hall–Kier alpha value is -3.89. The van der Waals surface area contributed by atoms with Crippen molar-refractivity contribution >= 4 is 43.4 Å². The van der Waals surface area contributed by atoms with Gasteiger partial charge in [-0.05, 0) is 11.6 Å². The maximum absolute atomic E-state index is 12.8. The van der Waals surface area contributed by atoms with Gasteiger partial charge in [-0.15, -0.1) is 0 Å². The second-order valence-electron chi connectivity index (χ2n) is 14.2. The Morgan fingerprint density at radius 2 is 0.981 bits per heavy atom. The molecule has 2 heterocycles. The molecule has 0 bridgehead atoms. The van der Waals surface area contributed by atoms with E-state index in [0.717, 1.165) is 78.9 Å². The van der Waals surface area contributed by atoms with E-state index in [-0.39, 0.29) is 24.4 Å². The van der Waals surface area contributed by atoms with Crippen LogP contribution >= 0.6 is 19.8 Å². The van der Waals surface area contributed by atoms with E-state index in [0.29, 0.717) is 0 Å². The Balaban J connectivity index is 0.756. The van der Waals surface area contributed by atoms with Crippen LogP contribution in [0.25, 0.3) is 22.3 Å². The van der Waals surface area contributed by atoms with Gasteiger partial charge in [-0.25, -0.2) is 4.79 Å². The Kier molecular flexibility index (Phi) is 15.5. The SMILES string of the molecule is O=C(Nc1ccccc1-c1ccccc1)OC1CCN(CCCCCCCCCI2CCC(OC(=O)Nc3ccccc3-c3ccccc3)CC2)CC1. The van der Waals surface area contributed by atoms with Crippen molar-refractivity contribution in [3.8, 4) is 22.3 Å². The molecular weight excluding hydrogens is 773 g/mol. The van der Waals surface area contributed by atoms with Gasteiger partial charge in [-0.2, -0.15) is 0 Å². The predicted molar refractivity (Wildman–Crippen MR) is 227 cm³/mol. The van der Waals surface area contributed by atoms with Crippen molar-refractivity contribution in [1.82, 2.24) is 4.90 Å². The van der Waals surface area contributed by atoms with Crippen molar-refractivity contribution in [2.45, 2.75) is 82.8 Å². The number of unbranched alkanes of at least 4 members (excludes halogenated alkanes) is 6. The fourth-order valence-electron chi connectivity index (χ4n) is 7.36. The molecule has 8 heteroatoms. The molecule has 2 amide bonds. The first-order valence-corrected chi connectivity index (χ1v) is 24.2. The van der Waals surface area contributed by atoms with E-state index in [4.69, 9.17) is 9.47 Å². The van der Waals surface area contributed by atoms with Gasteiger partial charge >= 0.3 is 233 Å². The fourth-order valence-corrected chi connectivity index (χ4v) is 13.7. The normalized spacial score (nSPS) is 16.2. The van der Waals surface area contributed by atoms with Crippen LogP contribution in [-0.4, -0.2) is 62.2 Å². The molecule has 7 nitrogen and oxygen atoms in total.